The second-order valence-corrected chi connectivity index (χ2v) is 7.10. The summed E-state index contributed by atoms with van der Waals surface area (Å²) in [5.41, 5.74) is 9.69. The van der Waals surface area contributed by atoms with Crippen molar-refractivity contribution in [3.8, 4) is 11.1 Å². The Bertz CT molecular complexity index is 970. The van der Waals surface area contributed by atoms with Gasteiger partial charge in [0.05, 0.1) is 12.2 Å². The summed E-state index contributed by atoms with van der Waals surface area (Å²) in [4.78, 5) is 3.94. The highest BCUT2D eigenvalue weighted by molar-refractivity contribution is 6.63. The number of aryl methyl sites for hydroxylation is 1. The Morgan fingerprint density at radius 1 is 1.26 bits per heavy atom. The van der Waals surface area contributed by atoms with E-state index in [4.69, 9.17) is 5.41 Å². The third-order valence-electron chi connectivity index (χ3n) is 4.27. The van der Waals surface area contributed by atoms with Gasteiger partial charge in [-0.05, 0) is 48.0 Å². The van der Waals surface area contributed by atoms with Gasteiger partial charge in [0.25, 0.3) is 5.92 Å². The lowest BCUT2D eigenvalue weighted by Crippen LogP contribution is -2.15. The van der Waals surface area contributed by atoms with E-state index in [9.17, 15) is 8.78 Å². The molecule has 2 rings (SSSR count). The summed E-state index contributed by atoms with van der Waals surface area (Å²) < 4.78 is 27.0. The van der Waals surface area contributed by atoms with Crippen LogP contribution in [0.15, 0.2) is 78.5 Å². The van der Waals surface area contributed by atoms with Gasteiger partial charge < -0.3 is 11.1 Å². The lowest BCUT2D eigenvalue weighted by molar-refractivity contribution is 0.0175. The topological polar surface area (TPSA) is 74.3 Å². The summed E-state index contributed by atoms with van der Waals surface area (Å²) in [5, 5.41) is 8.94. The van der Waals surface area contributed by atoms with Crippen LogP contribution in [0.2, 0.25) is 0 Å². The summed E-state index contributed by atoms with van der Waals surface area (Å²) >= 11 is 4.64. The Balaban J connectivity index is 0.00000110. The largest absolute Gasteiger partial charge is 0.379 e. The van der Waals surface area contributed by atoms with E-state index in [2.05, 4.69) is 47.5 Å². The number of benzene rings is 2. The highest BCUT2D eigenvalue weighted by Gasteiger charge is 2.24. The van der Waals surface area contributed by atoms with Gasteiger partial charge in [-0.3, -0.25) is 10.4 Å². The fraction of sp³-hybridized carbons (Fsp3) is 0.167. The molecule has 0 bridgehead atoms. The predicted molar refractivity (Wildman–Crippen MR) is 129 cm³/mol. The molecule has 0 amide bonds. The molecule has 7 heteroatoms. The molecule has 0 atom stereocenters. The van der Waals surface area contributed by atoms with E-state index in [-0.39, 0.29) is 10.9 Å². The zero-order chi connectivity index (χ0) is 23.6. The van der Waals surface area contributed by atoms with Crippen molar-refractivity contribution in [3.05, 3.63) is 90.2 Å². The van der Waals surface area contributed by atoms with E-state index >= 15 is 0 Å². The van der Waals surface area contributed by atoms with Gasteiger partial charge in [-0.15, -0.1) is 0 Å². The molecule has 0 aromatic heterocycles. The van der Waals surface area contributed by atoms with Crippen LogP contribution in [0, 0.1) is 12.3 Å². The first-order valence-electron chi connectivity index (χ1n) is 9.30. The van der Waals surface area contributed by atoms with E-state index in [0.717, 1.165) is 40.6 Å². The van der Waals surface area contributed by atoms with Gasteiger partial charge in [0.15, 0.2) is 5.29 Å². The molecule has 164 valence electrons. The van der Waals surface area contributed by atoms with Crippen molar-refractivity contribution < 1.29 is 8.78 Å². The van der Waals surface area contributed by atoms with E-state index in [1.807, 2.05) is 25.1 Å². The number of halogens is 3. The minimum Gasteiger partial charge on any atom is -0.379 e. The van der Waals surface area contributed by atoms with E-state index in [0.29, 0.717) is 6.54 Å². The van der Waals surface area contributed by atoms with Crippen LogP contribution < -0.4 is 11.1 Å². The van der Waals surface area contributed by atoms with Crippen molar-refractivity contribution in [1.29, 1.82) is 5.41 Å². The van der Waals surface area contributed by atoms with Crippen LogP contribution in [0.3, 0.4) is 0 Å². The summed E-state index contributed by atoms with van der Waals surface area (Å²) in [6.45, 7) is 14.7. The summed E-state index contributed by atoms with van der Waals surface area (Å²) in [5.74, 6) is -2.86. The van der Waals surface area contributed by atoms with E-state index in [1.54, 1.807) is 24.3 Å². The van der Waals surface area contributed by atoms with Crippen molar-refractivity contribution in [2.45, 2.75) is 19.8 Å². The molecule has 0 radical (unpaired) electrons. The number of nitrogens with one attached hydrogen (secondary N) is 2. The standard InChI is InChI=1S/C23H24F2N2.CH3ClN2/c1-6-8-20(26-5)15-27-17(3)22-16(2)9-7-10-21(22)18-11-13-19(14-12-18)23(4,24)25;2-1(3)4/h6-14,27H,1,3,5,15H2,2,4H3;(H3,3,4)/b20-8-;. The fourth-order valence-electron chi connectivity index (χ4n) is 2.84. The number of nitrogens with two attached hydrogens (primary N) is 1. The summed E-state index contributed by atoms with van der Waals surface area (Å²) in [6, 6.07) is 12.2. The van der Waals surface area contributed by atoms with Crippen LogP contribution in [0.4, 0.5) is 8.78 Å². The first-order chi connectivity index (χ1) is 14.5. The summed E-state index contributed by atoms with van der Waals surface area (Å²) in [6.07, 6.45) is 3.43. The number of hydrogen-bond acceptors (Lipinski definition) is 3. The number of aliphatic imine (C=N–C) groups is 1. The number of amidine groups is 1. The van der Waals surface area contributed by atoms with Crippen LogP contribution in [0.25, 0.3) is 16.8 Å². The van der Waals surface area contributed by atoms with Gasteiger partial charge in [-0.25, -0.2) is 8.78 Å². The maximum absolute atomic E-state index is 13.5. The predicted octanol–water partition coefficient (Wildman–Crippen LogP) is 6.22. The molecule has 0 spiro atoms. The molecule has 2 aromatic carbocycles. The zero-order valence-corrected chi connectivity index (χ0v) is 18.4. The normalized spacial score (nSPS) is 11.1. The molecule has 0 unspecified atom stereocenters. The molecule has 0 saturated heterocycles. The maximum Gasteiger partial charge on any atom is 0.270 e. The average Bonchev–Trinajstić information content (AvgIpc) is 2.69. The van der Waals surface area contributed by atoms with Crippen LogP contribution in [-0.2, 0) is 5.92 Å². The van der Waals surface area contributed by atoms with Gasteiger partial charge in [-0.1, -0.05) is 61.7 Å². The molecule has 0 saturated carbocycles. The average molecular weight is 445 g/mol. The molecule has 0 fully saturated rings. The van der Waals surface area contributed by atoms with E-state index < -0.39 is 5.92 Å². The summed E-state index contributed by atoms with van der Waals surface area (Å²) in [7, 11) is 0. The second kappa shape index (κ2) is 11.8. The van der Waals surface area contributed by atoms with Gasteiger partial charge in [0.1, 0.15) is 0 Å². The van der Waals surface area contributed by atoms with Crippen molar-refractivity contribution in [3.63, 3.8) is 0 Å². The number of nitrogens with zero attached hydrogens (tertiary/aromatic N) is 1. The molecule has 0 aliphatic rings. The first kappa shape index (κ1) is 25.8. The molecule has 2 aromatic rings. The molecule has 4 N–H and O–H groups in total. The number of rotatable bonds is 8. The van der Waals surface area contributed by atoms with Crippen molar-refractivity contribution in [2.24, 2.45) is 10.7 Å². The minimum atomic E-state index is -2.86. The first-order valence-corrected chi connectivity index (χ1v) is 9.68. The van der Waals surface area contributed by atoms with Crippen molar-refractivity contribution in [1.82, 2.24) is 5.32 Å². The van der Waals surface area contributed by atoms with Gasteiger partial charge >= 0.3 is 0 Å². The maximum atomic E-state index is 13.5. The molecular formula is C24H27ClF2N4. The molecule has 31 heavy (non-hydrogen) atoms. The quantitative estimate of drug-likeness (QED) is 0.195. The Morgan fingerprint density at radius 2 is 1.84 bits per heavy atom. The molecular weight excluding hydrogens is 418 g/mol. The van der Waals surface area contributed by atoms with Crippen LogP contribution >= 0.6 is 11.6 Å². The number of hydrogen-bond donors (Lipinski definition) is 3. The molecule has 0 aliphatic carbocycles. The zero-order valence-electron chi connectivity index (χ0n) is 17.7. The fourth-order valence-corrected chi connectivity index (χ4v) is 2.84. The van der Waals surface area contributed by atoms with E-state index in [1.165, 1.54) is 12.1 Å². The van der Waals surface area contributed by atoms with Crippen LogP contribution in [0.1, 0.15) is 23.6 Å². The lowest BCUT2D eigenvalue weighted by atomic mass is 9.93. The highest BCUT2D eigenvalue weighted by Crippen LogP contribution is 2.33. The van der Waals surface area contributed by atoms with Crippen molar-refractivity contribution >= 4 is 29.3 Å². The Hall–Kier alpha value is -3.25. The van der Waals surface area contributed by atoms with Crippen molar-refractivity contribution in [2.75, 3.05) is 6.54 Å². The smallest absolute Gasteiger partial charge is 0.270 e. The van der Waals surface area contributed by atoms with Gasteiger partial charge in [0.2, 0.25) is 0 Å². The second-order valence-electron chi connectivity index (χ2n) is 6.70. The lowest BCUT2D eigenvalue weighted by Gasteiger charge is -2.18. The Morgan fingerprint density at radius 3 is 2.32 bits per heavy atom. The monoisotopic (exact) mass is 444 g/mol. The minimum absolute atomic E-state index is 0.00586. The molecule has 4 nitrogen and oxygen atoms in total. The van der Waals surface area contributed by atoms with Crippen LogP contribution in [-0.4, -0.2) is 18.6 Å². The molecule has 0 aliphatic heterocycles. The third kappa shape index (κ3) is 8.18. The van der Waals surface area contributed by atoms with Gasteiger partial charge in [0, 0.05) is 23.7 Å². The number of allylic oxidation sites excluding steroid dienone is 2. The highest BCUT2D eigenvalue weighted by atomic mass is 35.5. The molecule has 0 heterocycles. The van der Waals surface area contributed by atoms with Crippen LogP contribution in [0.5, 0.6) is 0 Å². The Labute approximate surface area is 187 Å². The number of alkyl halides is 2. The SMILES string of the molecule is C=C/C=C(/CNC(=C)c1c(C)cccc1-c1ccc(C(C)(F)F)cc1)N=C.N=C(N)Cl. The third-order valence-corrected chi connectivity index (χ3v) is 4.27. The van der Waals surface area contributed by atoms with Gasteiger partial charge in [-0.2, -0.15) is 0 Å². The Kier molecular flexibility index (Phi) is 9.83.